The van der Waals surface area contributed by atoms with Crippen molar-refractivity contribution in [2.45, 2.75) is 25.8 Å². The van der Waals surface area contributed by atoms with Crippen molar-refractivity contribution in [3.63, 3.8) is 0 Å². The van der Waals surface area contributed by atoms with Gasteiger partial charge in [0.05, 0.1) is 5.33 Å². The van der Waals surface area contributed by atoms with Gasteiger partial charge < -0.3 is 11.1 Å². The first kappa shape index (κ1) is 11.4. The molecule has 0 aromatic carbocycles. The number of alkyl halides is 1. The lowest BCUT2D eigenvalue weighted by atomic mass is 10.0. The molecule has 0 radical (unpaired) electrons. The van der Waals surface area contributed by atoms with E-state index in [-0.39, 0.29) is 17.7 Å². The summed E-state index contributed by atoms with van der Waals surface area (Å²) in [4.78, 5) is 21.4. The summed E-state index contributed by atoms with van der Waals surface area (Å²) in [7, 11) is 0. The highest BCUT2D eigenvalue weighted by molar-refractivity contribution is 9.09. The van der Waals surface area contributed by atoms with Gasteiger partial charge in [0, 0.05) is 12.0 Å². The molecular weight excluding hydrogens is 224 g/mol. The van der Waals surface area contributed by atoms with Crippen LogP contribution in [-0.2, 0) is 9.59 Å². The first-order chi connectivity index (χ1) is 5.37. The van der Waals surface area contributed by atoms with E-state index in [1.54, 1.807) is 13.8 Å². The molecule has 0 spiro atoms. The SMILES string of the molecule is CC(C)(CC(N)=O)NC(=O)CBr. The molecule has 0 aliphatic carbocycles. The number of hydrogen-bond acceptors (Lipinski definition) is 2. The third kappa shape index (κ3) is 5.12. The smallest absolute Gasteiger partial charge is 0.231 e. The van der Waals surface area contributed by atoms with Crippen LogP contribution in [0.4, 0.5) is 0 Å². The number of nitrogens with one attached hydrogen (secondary N) is 1. The highest BCUT2D eigenvalue weighted by Crippen LogP contribution is 2.07. The summed E-state index contributed by atoms with van der Waals surface area (Å²) in [6.07, 6.45) is 0.145. The number of carbonyl (C=O) groups excluding carboxylic acids is 2. The second-order valence-electron chi connectivity index (χ2n) is 3.21. The van der Waals surface area contributed by atoms with Gasteiger partial charge in [0.25, 0.3) is 0 Å². The highest BCUT2D eigenvalue weighted by atomic mass is 79.9. The summed E-state index contributed by atoms with van der Waals surface area (Å²) in [5, 5.41) is 2.88. The van der Waals surface area contributed by atoms with Crippen LogP contribution in [-0.4, -0.2) is 22.7 Å². The summed E-state index contributed by atoms with van der Waals surface area (Å²) in [5.74, 6) is -0.573. The van der Waals surface area contributed by atoms with Gasteiger partial charge in [-0.2, -0.15) is 0 Å². The Morgan fingerprint density at radius 3 is 2.33 bits per heavy atom. The van der Waals surface area contributed by atoms with E-state index in [4.69, 9.17) is 5.73 Å². The number of halogens is 1. The third-order valence-electron chi connectivity index (χ3n) is 1.22. The fraction of sp³-hybridized carbons (Fsp3) is 0.714. The second kappa shape index (κ2) is 4.45. The standard InChI is InChI=1S/C7H13BrN2O2/c1-7(2,3-5(9)11)10-6(12)4-8/h3-4H2,1-2H3,(H2,9,11)(H,10,12). The van der Waals surface area contributed by atoms with Crippen LogP contribution in [0.2, 0.25) is 0 Å². The van der Waals surface area contributed by atoms with Crippen molar-refractivity contribution in [3.05, 3.63) is 0 Å². The molecule has 0 saturated heterocycles. The van der Waals surface area contributed by atoms with Crippen molar-refractivity contribution in [2.75, 3.05) is 5.33 Å². The lowest BCUT2D eigenvalue weighted by Gasteiger charge is -2.24. The Hall–Kier alpha value is -0.580. The Kier molecular flexibility index (Phi) is 4.23. The van der Waals surface area contributed by atoms with Gasteiger partial charge in [-0.1, -0.05) is 15.9 Å². The number of primary amides is 1. The molecule has 0 atom stereocenters. The molecule has 0 aliphatic heterocycles. The van der Waals surface area contributed by atoms with Gasteiger partial charge in [0.1, 0.15) is 0 Å². The highest BCUT2D eigenvalue weighted by Gasteiger charge is 2.21. The molecule has 0 unspecified atom stereocenters. The molecule has 2 amide bonds. The van der Waals surface area contributed by atoms with Crippen molar-refractivity contribution >= 4 is 27.7 Å². The summed E-state index contributed by atoms with van der Waals surface area (Å²) in [6, 6.07) is 0. The van der Waals surface area contributed by atoms with Crippen molar-refractivity contribution in [3.8, 4) is 0 Å². The van der Waals surface area contributed by atoms with Gasteiger partial charge in [-0.05, 0) is 13.8 Å². The van der Waals surface area contributed by atoms with Crippen molar-refractivity contribution in [1.82, 2.24) is 5.32 Å². The Bertz CT molecular complexity index is 192. The van der Waals surface area contributed by atoms with E-state index < -0.39 is 11.4 Å². The molecule has 70 valence electrons. The van der Waals surface area contributed by atoms with Crippen LogP contribution in [0.25, 0.3) is 0 Å². The molecule has 0 rings (SSSR count). The lowest BCUT2D eigenvalue weighted by Crippen LogP contribution is -2.46. The summed E-state index contributed by atoms with van der Waals surface area (Å²) in [6.45, 7) is 3.50. The average molecular weight is 237 g/mol. The van der Waals surface area contributed by atoms with Gasteiger partial charge >= 0.3 is 0 Å². The Morgan fingerprint density at radius 2 is 2.00 bits per heavy atom. The van der Waals surface area contributed by atoms with Crippen LogP contribution in [0.15, 0.2) is 0 Å². The van der Waals surface area contributed by atoms with E-state index in [1.807, 2.05) is 0 Å². The van der Waals surface area contributed by atoms with E-state index in [0.29, 0.717) is 0 Å². The maximum Gasteiger partial charge on any atom is 0.231 e. The average Bonchev–Trinajstić information content (AvgIpc) is 1.83. The predicted octanol–water partition coefficient (Wildman–Crippen LogP) is 0.152. The van der Waals surface area contributed by atoms with Crippen LogP contribution >= 0.6 is 15.9 Å². The molecule has 3 N–H and O–H groups in total. The van der Waals surface area contributed by atoms with Crippen molar-refractivity contribution in [1.29, 1.82) is 0 Å². The van der Waals surface area contributed by atoms with E-state index in [1.165, 1.54) is 0 Å². The normalized spacial score (nSPS) is 10.9. The first-order valence-corrected chi connectivity index (χ1v) is 4.65. The minimum Gasteiger partial charge on any atom is -0.370 e. The minimum absolute atomic E-state index is 0.145. The van der Waals surface area contributed by atoms with Crippen LogP contribution in [0.1, 0.15) is 20.3 Å². The Morgan fingerprint density at radius 1 is 1.50 bits per heavy atom. The van der Waals surface area contributed by atoms with Crippen LogP contribution < -0.4 is 11.1 Å². The number of nitrogens with two attached hydrogens (primary N) is 1. The minimum atomic E-state index is -0.559. The zero-order valence-electron chi connectivity index (χ0n) is 7.19. The van der Waals surface area contributed by atoms with E-state index >= 15 is 0 Å². The monoisotopic (exact) mass is 236 g/mol. The number of amides is 2. The molecule has 4 nitrogen and oxygen atoms in total. The van der Waals surface area contributed by atoms with Crippen molar-refractivity contribution < 1.29 is 9.59 Å². The number of carbonyl (C=O) groups is 2. The Balaban J connectivity index is 4.03. The molecule has 0 bridgehead atoms. The van der Waals surface area contributed by atoms with Gasteiger partial charge in [0.2, 0.25) is 11.8 Å². The molecule has 12 heavy (non-hydrogen) atoms. The molecule has 0 fully saturated rings. The zero-order valence-corrected chi connectivity index (χ0v) is 8.77. The van der Waals surface area contributed by atoms with Crippen LogP contribution in [0, 0.1) is 0 Å². The predicted molar refractivity (Wildman–Crippen MR) is 49.8 cm³/mol. The fourth-order valence-corrected chi connectivity index (χ4v) is 1.03. The molecule has 0 aliphatic rings. The molecular formula is C7H13BrN2O2. The van der Waals surface area contributed by atoms with Gasteiger partial charge in [-0.3, -0.25) is 9.59 Å². The summed E-state index contributed by atoms with van der Waals surface area (Å²) in [5.41, 5.74) is 4.43. The van der Waals surface area contributed by atoms with Gasteiger partial charge in [0.15, 0.2) is 0 Å². The summed E-state index contributed by atoms with van der Waals surface area (Å²) < 4.78 is 0. The number of rotatable bonds is 4. The second-order valence-corrected chi connectivity index (χ2v) is 3.77. The Labute approximate surface area is 80.0 Å². The maximum absolute atomic E-state index is 10.9. The lowest BCUT2D eigenvalue weighted by molar-refractivity contribution is -0.122. The van der Waals surface area contributed by atoms with Gasteiger partial charge in [-0.15, -0.1) is 0 Å². The molecule has 5 heteroatoms. The number of hydrogen-bond donors (Lipinski definition) is 2. The summed E-state index contributed by atoms with van der Waals surface area (Å²) >= 11 is 3.01. The molecule has 0 saturated carbocycles. The van der Waals surface area contributed by atoms with Crippen LogP contribution in [0.5, 0.6) is 0 Å². The zero-order chi connectivity index (χ0) is 9.78. The van der Waals surface area contributed by atoms with E-state index in [9.17, 15) is 9.59 Å². The quantitative estimate of drug-likeness (QED) is 0.683. The molecule has 0 heterocycles. The topological polar surface area (TPSA) is 72.2 Å². The third-order valence-corrected chi connectivity index (χ3v) is 1.72. The van der Waals surface area contributed by atoms with Crippen LogP contribution in [0.3, 0.4) is 0 Å². The molecule has 0 aromatic heterocycles. The fourth-order valence-electron chi connectivity index (χ4n) is 0.891. The van der Waals surface area contributed by atoms with Crippen molar-refractivity contribution in [2.24, 2.45) is 5.73 Å². The van der Waals surface area contributed by atoms with E-state index in [2.05, 4.69) is 21.2 Å². The van der Waals surface area contributed by atoms with Gasteiger partial charge in [-0.25, -0.2) is 0 Å². The molecule has 0 aromatic rings. The largest absolute Gasteiger partial charge is 0.370 e. The first-order valence-electron chi connectivity index (χ1n) is 3.52. The van der Waals surface area contributed by atoms with E-state index in [0.717, 1.165) is 0 Å². The maximum atomic E-state index is 10.9.